The molecule has 0 amide bonds. The first kappa shape index (κ1) is 11.3. The van der Waals surface area contributed by atoms with Crippen LogP contribution in [0.3, 0.4) is 0 Å². The van der Waals surface area contributed by atoms with Gasteiger partial charge in [0.2, 0.25) is 0 Å². The van der Waals surface area contributed by atoms with Crippen LogP contribution in [-0.4, -0.2) is 13.4 Å². The van der Waals surface area contributed by atoms with Crippen molar-refractivity contribution >= 4 is 6.29 Å². The number of ether oxygens (including phenoxy) is 1. The summed E-state index contributed by atoms with van der Waals surface area (Å²) in [6, 6.07) is 11.4. The second kappa shape index (κ2) is 4.78. The highest BCUT2D eigenvalue weighted by Crippen LogP contribution is 2.25. The lowest BCUT2D eigenvalue weighted by atomic mass is 10.0. The fraction of sp³-hybridized carbons (Fsp3) is 0.0714. The van der Waals surface area contributed by atoms with Crippen LogP contribution in [0.25, 0.3) is 11.1 Å². The van der Waals surface area contributed by atoms with Crippen molar-refractivity contribution in [3.63, 3.8) is 0 Å². The molecule has 0 saturated carbocycles. The smallest absolute Gasteiger partial charge is 0.153 e. The van der Waals surface area contributed by atoms with E-state index in [0.717, 1.165) is 17.4 Å². The van der Waals surface area contributed by atoms with Crippen molar-refractivity contribution in [3.8, 4) is 16.9 Å². The predicted octanol–water partition coefficient (Wildman–Crippen LogP) is 3.31. The lowest BCUT2D eigenvalue weighted by Crippen LogP contribution is -1.91. The van der Waals surface area contributed by atoms with Gasteiger partial charge in [0.15, 0.2) is 6.29 Å². The molecule has 0 atom stereocenters. The van der Waals surface area contributed by atoms with Crippen molar-refractivity contribution in [2.45, 2.75) is 0 Å². The highest BCUT2D eigenvalue weighted by molar-refractivity contribution is 5.83. The molecule has 0 heterocycles. The van der Waals surface area contributed by atoms with Gasteiger partial charge in [0.05, 0.1) is 12.7 Å². The van der Waals surface area contributed by atoms with Crippen molar-refractivity contribution in [3.05, 3.63) is 53.8 Å². The van der Waals surface area contributed by atoms with Gasteiger partial charge in [-0.25, -0.2) is 4.39 Å². The lowest BCUT2D eigenvalue weighted by molar-refractivity contribution is 0.112. The summed E-state index contributed by atoms with van der Waals surface area (Å²) in [7, 11) is 1.51. The molecule has 0 spiro atoms. The zero-order chi connectivity index (χ0) is 12.3. The summed E-state index contributed by atoms with van der Waals surface area (Å²) in [6.45, 7) is 0. The van der Waals surface area contributed by atoms with Gasteiger partial charge in [0, 0.05) is 0 Å². The third-order valence-corrected chi connectivity index (χ3v) is 2.53. The molecule has 2 nitrogen and oxygen atoms in total. The van der Waals surface area contributed by atoms with E-state index in [1.54, 1.807) is 24.3 Å². The summed E-state index contributed by atoms with van der Waals surface area (Å²) < 4.78 is 17.8. The molecule has 2 rings (SSSR count). The molecule has 0 aliphatic heterocycles. The monoisotopic (exact) mass is 230 g/mol. The van der Waals surface area contributed by atoms with Crippen LogP contribution in [0.4, 0.5) is 4.39 Å². The molecule has 0 radical (unpaired) electrons. The first-order valence-electron chi connectivity index (χ1n) is 5.14. The van der Waals surface area contributed by atoms with Crippen LogP contribution in [0.2, 0.25) is 0 Å². The summed E-state index contributed by atoms with van der Waals surface area (Å²) >= 11 is 0. The Morgan fingerprint density at radius 2 is 1.71 bits per heavy atom. The second-order valence-corrected chi connectivity index (χ2v) is 3.58. The Bertz CT molecular complexity index is 532. The van der Waals surface area contributed by atoms with Crippen LogP contribution < -0.4 is 4.74 Å². The molecule has 0 unspecified atom stereocenters. The summed E-state index contributed by atoms with van der Waals surface area (Å²) in [5.74, 6) is 0.253. The molecule has 86 valence electrons. The number of benzene rings is 2. The lowest BCUT2D eigenvalue weighted by Gasteiger charge is -2.06. The van der Waals surface area contributed by atoms with Gasteiger partial charge in [0.1, 0.15) is 11.6 Å². The van der Waals surface area contributed by atoms with Gasteiger partial charge < -0.3 is 4.74 Å². The SMILES string of the molecule is COc1ccc(-c2ccc(F)cc2)cc1C=O. The van der Waals surface area contributed by atoms with Gasteiger partial charge in [0.25, 0.3) is 0 Å². The minimum absolute atomic E-state index is 0.280. The summed E-state index contributed by atoms with van der Waals surface area (Å²) in [5.41, 5.74) is 2.19. The number of aldehydes is 1. The maximum Gasteiger partial charge on any atom is 0.153 e. The Balaban J connectivity index is 2.46. The summed E-state index contributed by atoms with van der Waals surface area (Å²) in [6.07, 6.45) is 0.742. The van der Waals surface area contributed by atoms with Gasteiger partial charge in [-0.2, -0.15) is 0 Å². The van der Waals surface area contributed by atoms with Crippen molar-refractivity contribution in [2.75, 3.05) is 7.11 Å². The van der Waals surface area contributed by atoms with Crippen LogP contribution in [0, 0.1) is 5.82 Å². The molecule has 2 aromatic rings. The maximum absolute atomic E-state index is 12.8. The normalized spacial score (nSPS) is 10.0. The maximum atomic E-state index is 12.8. The van der Waals surface area contributed by atoms with Crippen LogP contribution in [0.5, 0.6) is 5.75 Å². The highest BCUT2D eigenvalue weighted by Gasteiger charge is 2.05. The average Bonchev–Trinajstić information content (AvgIpc) is 2.39. The molecule has 0 aromatic heterocycles. The molecule has 0 aliphatic carbocycles. The molecule has 0 saturated heterocycles. The van der Waals surface area contributed by atoms with E-state index in [9.17, 15) is 9.18 Å². The minimum atomic E-state index is -0.280. The first-order valence-corrected chi connectivity index (χ1v) is 5.14. The molecule has 0 aliphatic rings. The molecule has 0 N–H and O–H groups in total. The molecule has 0 bridgehead atoms. The largest absolute Gasteiger partial charge is 0.496 e. The van der Waals surface area contributed by atoms with Gasteiger partial charge in [-0.15, -0.1) is 0 Å². The third-order valence-electron chi connectivity index (χ3n) is 2.53. The molecular weight excluding hydrogens is 219 g/mol. The Hall–Kier alpha value is -2.16. The number of carbonyl (C=O) groups excluding carboxylic acids is 1. The predicted molar refractivity (Wildman–Crippen MR) is 63.8 cm³/mol. The number of hydrogen-bond donors (Lipinski definition) is 0. The van der Waals surface area contributed by atoms with Crippen LogP contribution in [-0.2, 0) is 0 Å². The van der Waals surface area contributed by atoms with Crippen LogP contribution in [0.15, 0.2) is 42.5 Å². The molecule has 3 heteroatoms. The number of hydrogen-bond acceptors (Lipinski definition) is 2. The molecule has 0 fully saturated rings. The second-order valence-electron chi connectivity index (χ2n) is 3.58. The summed E-state index contributed by atoms with van der Waals surface area (Å²) in [5, 5.41) is 0. The quantitative estimate of drug-likeness (QED) is 0.756. The zero-order valence-electron chi connectivity index (χ0n) is 9.31. The van der Waals surface area contributed by atoms with Crippen molar-refractivity contribution in [1.29, 1.82) is 0 Å². The average molecular weight is 230 g/mol. The van der Waals surface area contributed by atoms with E-state index in [4.69, 9.17) is 4.74 Å². The van der Waals surface area contributed by atoms with E-state index in [2.05, 4.69) is 0 Å². The van der Waals surface area contributed by atoms with Gasteiger partial charge >= 0.3 is 0 Å². The number of halogens is 1. The van der Waals surface area contributed by atoms with E-state index in [1.165, 1.54) is 19.2 Å². The number of methoxy groups -OCH3 is 1. The van der Waals surface area contributed by atoms with Gasteiger partial charge in [-0.05, 0) is 35.4 Å². The van der Waals surface area contributed by atoms with Crippen molar-refractivity contribution in [2.24, 2.45) is 0 Å². The topological polar surface area (TPSA) is 26.3 Å². The number of carbonyl (C=O) groups is 1. The Morgan fingerprint density at radius 1 is 1.06 bits per heavy atom. The van der Waals surface area contributed by atoms with E-state index >= 15 is 0 Å². The van der Waals surface area contributed by atoms with Crippen LogP contribution >= 0.6 is 0 Å². The van der Waals surface area contributed by atoms with E-state index in [-0.39, 0.29) is 5.82 Å². The van der Waals surface area contributed by atoms with Crippen molar-refractivity contribution in [1.82, 2.24) is 0 Å². The first-order chi connectivity index (χ1) is 8.24. The van der Waals surface area contributed by atoms with E-state index < -0.39 is 0 Å². The van der Waals surface area contributed by atoms with Crippen molar-refractivity contribution < 1.29 is 13.9 Å². The van der Waals surface area contributed by atoms with E-state index in [1.807, 2.05) is 6.07 Å². The Morgan fingerprint density at radius 3 is 2.29 bits per heavy atom. The number of rotatable bonds is 3. The standard InChI is InChI=1S/C14H11FO2/c1-17-14-7-4-11(8-12(14)9-16)10-2-5-13(15)6-3-10/h2-9H,1H3. The minimum Gasteiger partial charge on any atom is -0.496 e. The fourth-order valence-electron chi connectivity index (χ4n) is 1.65. The summed E-state index contributed by atoms with van der Waals surface area (Å²) in [4.78, 5) is 10.9. The third kappa shape index (κ3) is 2.33. The molecule has 17 heavy (non-hydrogen) atoms. The highest BCUT2D eigenvalue weighted by atomic mass is 19.1. The van der Waals surface area contributed by atoms with Gasteiger partial charge in [-0.1, -0.05) is 18.2 Å². The molecular formula is C14H11FO2. The zero-order valence-corrected chi connectivity index (χ0v) is 9.31. The van der Waals surface area contributed by atoms with Crippen LogP contribution in [0.1, 0.15) is 10.4 Å². The van der Waals surface area contributed by atoms with Gasteiger partial charge in [-0.3, -0.25) is 4.79 Å². The Labute approximate surface area is 98.7 Å². The molecule has 2 aromatic carbocycles. The fourth-order valence-corrected chi connectivity index (χ4v) is 1.65. The Kier molecular flexibility index (Phi) is 3.19. The van der Waals surface area contributed by atoms with E-state index in [0.29, 0.717) is 11.3 Å².